The molecule has 6 heteroatoms. The van der Waals surface area contributed by atoms with Gasteiger partial charge in [-0.2, -0.15) is 13.2 Å². The lowest BCUT2D eigenvalue weighted by Crippen LogP contribution is -2.38. The van der Waals surface area contributed by atoms with Crippen molar-refractivity contribution >= 4 is 11.6 Å². The van der Waals surface area contributed by atoms with E-state index < -0.39 is 23.2 Å². The Balaban J connectivity index is 2.40. The van der Waals surface area contributed by atoms with E-state index in [2.05, 4.69) is 0 Å². The van der Waals surface area contributed by atoms with Crippen LogP contribution in [0.1, 0.15) is 15.9 Å². The molecule has 0 aliphatic carbocycles. The summed E-state index contributed by atoms with van der Waals surface area (Å²) in [4.78, 5) is 12.1. The molecule has 2 aromatic carbocycles. The van der Waals surface area contributed by atoms with E-state index in [1.807, 2.05) is 0 Å². The molecule has 1 amide bonds. The monoisotopic (exact) mass is 280 g/mol. The molecule has 0 fully saturated rings. The number of hydrogen-bond donors (Lipinski definition) is 1. The first kappa shape index (κ1) is 14.1. The molecule has 104 valence electrons. The highest BCUT2D eigenvalue weighted by molar-refractivity contribution is 6.06. The lowest BCUT2D eigenvalue weighted by Gasteiger charge is -2.19. The number of halogens is 3. The molecule has 2 N–H and O–H groups in total. The number of rotatable bonds is 2. The number of nitrogens with zero attached hydrogens (tertiary/aromatic N) is 1. The molecule has 3 nitrogen and oxygen atoms in total. The van der Waals surface area contributed by atoms with E-state index in [1.165, 1.54) is 24.3 Å². The van der Waals surface area contributed by atoms with Gasteiger partial charge in [-0.1, -0.05) is 30.3 Å². The summed E-state index contributed by atoms with van der Waals surface area (Å²) in [6, 6.07) is 12.6. The van der Waals surface area contributed by atoms with Crippen molar-refractivity contribution in [2.45, 2.75) is 6.18 Å². The van der Waals surface area contributed by atoms with Gasteiger partial charge in [0.15, 0.2) is 0 Å². The quantitative estimate of drug-likeness (QED) is 0.521. The van der Waals surface area contributed by atoms with E-state index >= 15 is 0 Å². The summed E-state index contributed by atoms with van der Waals surface area (Å²) in [5.74, 6) is 4.69. The third kappa shape index (κ3) is 2.80. The minimum atomic E-state index is -4.61. The van der Waals surface area contributed by atoms with Crippen molar-refractivity contribution in [1.82, 2.24) is 0 Å². The van der Waals surface area contributed by atoms with Crippen LogP contribution in [0.2, 0.25) is 0 Å². The smallest absolute Gasteiger partial charge is 0.267 e. The maximum absolute atomic E-state index is 12.9. The molecule has 0 atom stereocenters. The van der Waals surface area contributed by atoms with Crippen LogP contribution in [0, 0.1) is 0 Å². The summed E-state index contributed by atoms with van der Waals surface area (Å²) in [6.07, 6.45) is -4.61. The molecule has 0 heterocycles. The largest absolute Gasteiger partial charge is 0.417 e. The van der Waals surface area contributed by atoms with Gasteiger partial charge in [-0.05, 0) is 24.3 Å². The number of hydrogen-bond acceptors (Lipinski definition) is 2. The van der Waals surface area contributed by atoms with Gasteiger partial charge < -0.3 is 0 Å². The van der Waals surface area contributed by atoms with Gasteiger partial charge in [0.1, 0.15) is 0 Å². The molecule has 0 aromatic heterocycles. The van der Waals surface area contributed by atoms with Crippen LogP contribution in [0.3, 0.4) is 0 Å². The van der Waals surface area contributed by atoms with Crippen LogP contribution in [0.15, 0.2) is 54.6 Å². The summed E-state index contributed by atoms with van der Waals surface area (Å²) in [5.41, 5.74) is -1.17. The van der Waals surface area contributed by atoms with Crippen LogP contribution >= 0.6 is 0 Å². The van der Waals surface area contributed by atoms with E-state index in [1.54, 1.807) is 18.2 Å². The first-order valence-electron chi connectivity index (χ1n) is 5.71. The van der Waals surface area contributed by atoms with E-state index in [-0.39, 0.29) is 0 Å². The topological polar surface area (TPSA) is 46.3 Å². The zero-order valence-electron chi connectivity index (χ0n) is 10.3. The van der Waals surface area contributed by atoms with Crippen molar-refractivity contribution in [3.8, 4) is 0 Å². The van der Waals surface area contributed by atoms with Crippen LogP contribution < -0.4 is 10.9 Å². The highest BCUT2D eigenvalue weighted by Gasteiger charge is 2.35. The molecule has 20 heavy (non-hydrogen) atoms. The molecular formula is C14H11F3N2O. The van der Waals surface area contributed by atoms with Crippen molar-refractivity contribution in [1.29, 1.82) is 0 Å². The zero-order chi connectivity index (χ0) is 14.8. The van der Waals surface area contributed by atoms with Crippen molar-refractivity contribution < 1.29 is 18.0 Å². The van der Waals surface area contributed by atoms with Gasteiger partial charge in [-0.3, -0.25) is 4.79 Å². The molecule has 2 aromatic rings. The van der Waals surface area contributed by atoms with Crippen molar-refractivity contribution in [2.75, 3.05) is 5.01 Å². The molecule has 0 radical (unpaired) electrons. The summed E-state index contributed by atoms with van der Waals surface area (Å²) < 4.78 is 38.6. The van der Waals surface area contributed by atoms with Crippen molar-refractivity contribution in [3.05, 3.63) is 65.7 Å². The first-order chi connectivity index (χ1) is 9.41. The Kier molecular flexibility index (Phi) is 3.76. The summed E-state index contributed by atoms with van der Waals surface area (Å²) in [5, 5.41) is 0.699. The second-order valence-electron chi connectivity index (χ2n) is 4.05. The minimum Gasteiger partial charge on any atom is -0.267 e. The molecule has 0 unspecified atom stereocenters. The fourth-order valence-electron chi connectivity index (χ4n) is 1.75. The Morgan fingerprint density at radius 2 is 1.50 bits per heavy atom. The normalized spacial score (nSPS) is 11.2. The van der Waals surface area contributed by atoms with Gasteiger partial charge in [0.25, 0.3) is 5.91 Å². The second-order valence-corrected chi connectivity index (χ2v) is 4.05. The predicted molar refractivity (Wildman–Crippen MR) is 68.9 cm³/mol. The Morgan fingerprint density at radius 1 is 0.950 bits per heavy atom. The standard InChI is InChI=1S/C14H11F3N2O/c15-14(16,17)12-9-5-4-8-11(12)13(20)19(18)10-6-2-1-3-7-10/h1-9H,18H2. The van der Waals surface area contributed by atoms with Gasteiger partial charge in [0.2, 0.25) is 0 Å². The van der Waals surface area contributed by atoms with Crippen LogP contribution in [-0.2, 0) is 6.18 Å². The molecule has 0 saturated carbocycles. The number of alkyl halides is 3. The average Bonchev–Trinajstić information content (AvgIpc) is 2.46. The predicted octanol–water partition coefficient (Wildman–Crippen LogP) is 3.23. The van der Waals surface area contributed by atoms with Gasteiger partial charge in [-0.25, -0.2) is 10.9 Å². The summed E-state index contributed by atoms with van der Waals surface area (Å²) in [7, 11) is 0. The first-order valence-corrected chi connectivity index (χ1v) is 5.71. The number of para-hydroxylation sites is 1. The summed E-state index contributed by atoms with van der Waals surface area (Å²) in [6.45, 7) is 0. The fourth-order valence-corrected chi connectivity index (χ4v) is 1.75. The lowest BCUT2D eigenvalue weighted by atomic mass is 10.1. The summed E-state index contributed by atoms with van der Waals surface area (Å²) >= 11 is 0. The molecule has 0 saturated heterocycles. The molecule has 0 bridgehead atoms. The van der Waals surface area contributed by atoms with Gasteiger partial charge in [-0.15, -0.1) is 0 Å². The number of carbonyl (C=O) groups is 1. The number of amides is 1. The SMILES string of the molecule is NN(C(=O)c1ccccc1C(F)(F)F)c1ccccc1. The van der Waals surface area contributed by atoms with Crippen molar-refractivity contribution in [3.63, 3.8) is 0 Å². The molecule has 0 aliphatic rings. The third-order valence-electron chi connectivity index (χ3n) is 2.72. The Bertz CT molecular complexity index is 611. The number of nitrogens with two attached hydrogens (primary N) is 1. The lowest BCUT2D eigenvalue weighted by molar-refractivity contribution is -0.137. The van der Waals surface area contributed by atoms with Gasteiger partial charge in [0.05, 0.1) is 16.8 Å². The van der Waals surface area contributed by atoms with E-state index in [0.29, 0.717) is 10.7 Å². The highest BCUT2D eigenvalue weighted by atomic mass is 19.4. The van der Waals surface area contributed by atoms with E-state index in [9.17, 15) is 18.0 Å². The van der Waals surface area contributed by atoms with Crippen molar-refractivity contribution in [2.24, 2.45) is 5.84 Å². The Hall–Kier alpha value is -2.34. The van der Waals surface area contributed by atoms with Gasteiger partial charge >= 0.3 is 6.18 Å². The number of hydrazine groups is 1. The molecule has 0 spiro atoms. The average molecular weight is 280 g/mol. The Morgan fingerprint density at radius 3 is 2.10 bits per heavy atom. The number of benzene rings is 2. The molecule has 2 rings (SSSR count). The number of anilines is 1. The fraction of sp³-hybridized carbons (Fsp3) is 0.0714. The second kappa shape index (κ2) is 5.34. The Labute approximate surface area is 113 Å². The maximum Gasteiger partial charge on any atom is 0.417 e. The minimum absolute atomic E-state index is 0.314. The molecule has 0 aliphatic heterocycles. The van der Waals surface area contributed by atoms with Crippen LogP contribution in [0.5, 0.6) is 0 Å². The molecular weight excluding hydrogens is 269 g/mol. The van der Waals surface area contributed by atoms with Crippen LogP contribution in [0.4, 0.5) is 18.9 Å². The third-order valence-corrected chi connectivity index (χ3v) is 2.72. The highest BCUT2D eigenvalue weighted by Crippen LogP contribution is 2.32. The van der Waals surface area contributed by atoms with E-state index in [0.717, 1.165) is 12.1 Å². The maximum atomic E-state index is 12.9. The van der Waals surface area contributed by atoms with E-state index in [4.69, 9.17) is 5.84 Å². The van der Waals surface area contributed by atoms with Crippen LogP contribution in [0.25, 0.3) is 0 Å². The van der Waals surface area contributed by atoms with Crippen LogP contribution in [-0.4, -0.2) is 5.91 Å². The van der Waals surface area contributed by atoms with Gasteiger partial charge in [0, 0.05) is 0 Å². The zero-order valence-corrected chi connectivity index (χ0v) is 10.3. The number of carbonyl (C=O) groups excluding carboxylic acids is 1.